The van der Waals surface area contributed by atoms with Crippen LogP contribution in [0.25, 0.3) is 11.3 Å². The Morgan fingerprint density at radius 1 is 1.06 bits per heavy atom. The van der Waals surface area contributed by atoms with E-state index in [1.807, 2.05) is 30.3 Å². The van der Waals surface area contributed by atoms with Crippen molar-refractivity contribution in [2.45, 2.75) is 30.7 Å². The van der Waals surface area contributed by atoms with Crippen LogP contribution in [0.2, 0.25) is 0 Å². The number of benzene rings is 2. The Kier molecular flexibility index (Phi) is 7.09. The summed E-state index contributed by atoms with van der Waals surface area (Å²) in [7, 11) is -2.63. The van der Waals surface area contributed by atoms with Crippen molar-refractivity contribution in [2.75, 3.05) is 13.7 Å². The number of esters is 1. The number of ether oxygens (including phenoxy) is 1. The Labute approximate surface area is 186 Å². The van der Waals surface area contributed by atoms with E-state index in [9.17, 15) is 13.2 Å². The van der Waals surface area contributed by atoms with Crippen molar-refractivity contribution in [3.63, 3.8) is 0 Å². The van der Waals surface area contributed by atoms with Crippen LogP contribution in [0, 0.1) is 13.8 Å². The third-order valence-electron chi connectivity index (χ3n) is 4.78. The van der Waals surface area contributed by atoms with E-state index in [-0.39, 0.29) is 17.0 Å². The van der Waals surface area contributed by atoms with Gasteiger partial charge in [-0.25, -0.2) is 13.2 Å². The van der Waals surface area contributed by atoms with E-state index >= 15 is 0 Å². The topological polar surface area (TPSA) is 89.5 Å². The Hall–Kier alpha value is -2.75. The van der Waals surface area contributed by atoms with Crippen molar-refractivity contribution in [2.24, 2.45) is 0 Å². The van der Waals surface area contributed by atoms with Gasteiger partial charge in [0.1, 0.15) is 5.03 Å². The van der Waals surface area contributed by atoms with Crippen LogP contribution < -0.4 is 0 Å². The molecule has 9 heteroatoms. The summed E-state index contributed by atoms with van der Waals surface area (Å²) in [6.45, 7) is 5.46. The number of hydrogen-bond acceptors (Lipinski definition) is 7. The summed E-state index contributed by atoms with van der Waals surface area (Å²) in [5.74, 6) is -0.573. The quantitative estimate of drug-likeness (QED) is 0.387. The fourth-order valence-corrected chi connectivity index (χ4v) is 5.53. The van der Waals surface area contributed by atoms with Crippen molar-refractivity contribution in [1.29, 1.82) is 0 Å². The number of sulfonamides is 1. The first-order valence-corrected chi connectivity index (χ1v) is 11.8. The summed E-state index contributed by atoms with van der Waals surface area (Å²) < 4.78 is 32.6. The number of aromatic nitrogens is 2. The van der Waals surface area contributed by atoms with Crippen molar-refractivity contribution in [3.8, 4) is 11.3 Å². The first-order valence-electron chi connectivity index (χ1n) is 9.57. The third-order valence-corrected chi connectivity index (χ3v) is 8.08. The Balaban J connectivity index is 1.90. The molecule has 0 aliphatic carbocycles. The van der Waals surface area contributed by atoms with E-state index in [4.69, 9.17) is 4.74 Å². The number of nitrogens with zero attached hydrogens (tertiary/aromatic N) is 3. The highest BCUT2D eigenvalue weighted by molar-refractivity contribution is 8.08. The molecule has 162 valence electrons. The van der Waals surface area contributed by atoms with Gasteiger partial charge in [0.15, 0.2) is 0 Å². The van der Waals surface area contributed by atoms with Gasteiger partial charge in [-0.15, -0.1) is 13.9 Å². The number of rotatable bonds is 7. The smallest absolute Gasteiger partial charge is 0.338 e. The van der Waals surface area contributed by atoms with Crippen molar-refractivity contribution >= 4 is 27.9 Å². The molecule has 3 aromatic rings. The zero-order chi connectivity index (χ0) is 22.6. The average Bonchev–Trinajstić information content (AvgIpc) is 2.79. The van der Waals surface area contributed by atoms with Gasteiger partial charge in [-0.05, 0) is 61.2 Å². The molecule has 0 amide bonds. The van der Waals surface area contributed by atoms with Gasteiger partial charge in [-0.2, -0.15) is 0 Å². The number of carbonyl (C=O) groups is 1. The van der Waals surface area contributed by atoms with Crippen LogP contribution in [0.15, 0.2) is 64.5 Å². The largest absolute Gasteiger partial charge is 0.465 e. The molecule has 0 saturated heterocycles. The SMILES string of the molecule is CCN(Sc1ccc(-c2ccccc2)nn1)S(=O)(=O)c1cc(C)c(C)c(C(=O)OC)c1. The lowest BCUT2D eigenvalue weighted by atomic mass is 10.0. The van der Waals surface area contributed by atoms with Gasteiger partial charge in [0, 0.05) is 12.1 Å². The van der Waals surface area contributed by atoms with E-state index in [0.29, 0.717) is 21.8 Å². The molecule has 0 fully saturated rings. The summed E-state index contributed by atoms with van der Waals surface area (Å²) in [6, 6.07) is 16.1. The Bertz CT molecular complexity index is 1180. The highest BCUT2D eigenvalue weighted by atomic mass is 32.3. The summed E-state index contributed by atoms with van der Waals surface area (Å²) in [5.41, 5.74) is 3.23. The van der Waals surface area contributed by atoms with Crippen LogP contribution in [-0.4, -0.2) is 41.9 Å². The van der Waals surface area contributed by atoms with Crippen LogP contribution in [0.4, 0.5) is 0 Å². The number of carbonyl (C=O) groups excluding carboxylic acids is 1. The molecule has 0 N–H and O–H groups in total. The highest BCUT2D eigenvalue weighted by Gasteiger charge is 2.27. The minimum Gasteiger partial charge on any atom is -0.465 e. The number of aryl methyl sites for hydroxylation is 1. The summed E-state index contributed by atoms with van der Waals surface area (Å²) >= 11 is 0.980. The molecule has 2 aromatic carbocycles. The monoisotopic (exact) mass is 457 g/mol. The second kappa shape index (κ2) is 9.59. The number of methoxy groups -OCH3 is 1. The maximum absolute atomic E-state index is 13.3. The Morgan fingerprint density at radius 2 is 1.77 bits per heavy atom. The molecule has 0 aliphatic heterocycles. The zero-order valence-corrected chi connectivity index (χ0v) is 19.3. The third kappa shape index (κ3) is 4.95. The Morgan fingerprint density at radius 3 is 2.35 bits per heavy atom. The lowest BCUT2D eigenvalue weighted by Crippen LogP contribution is -2.25. The summed E-state index contributed by atoms with van der Waals surface area (Å²) in [6.07, 6.45) is 0. The average molecular weight is 458 g/mol. The molecular weight excluding hydrogens is 434 g/mol. The first-order chi connectivity index (χ1) is 14.8. The molecule has 31 heavy (non-hydrogen) atoms. The van der Waals surface area contributed by atoms with Gasteiger partial charge < -0.3 is 4.74 Å². The van der Waals surface area contributed by atoms with Gasteiger partial charge >= 0.3 is 5.97 Å². The van der Waals surface area contributed by atoms with E-state index in [1.54, 1.807) is 39.0 Å². The van der Waals surface area contributed by atoms with Crippen LogP contribution in [0.1, 0.15) is 28.4 Å². The fourth-order valence-electron chi connectivity index (χ4n) is 2.93. The van der Waals surface area contributed by atoms with Crippen LogP contribution in [-0.2, 0) is 14.8 Å². The molecule has 0 atom stereocenters. The molecule has 0 saturated carbocycles. The first kappa shape index (κ1) is 22.9. The molecule has 1 aromatic heterocycles. The molecule has 1 heterocycles. The molecule has 0 radical (unpaired) electrons. The maximum atomic E-state index is 13.3. The van der Waals surface area contributed by atoms with Gasteiger partial charge in [-0.3, -0.25) is 0 Å². The zero-order valence-electron chi connectivity index (χ0n) is 17.7. The van der Waals surface area contributed by atoms with Crippen molar-refractivity contribution < 1.29 is 17.9 Å². The lowest BCUT2D eigenvalue weighted by Gasteiger charge is -2.20. The standard InChI is InChI=1S/C22H23N3O4S2/c1-5-25(30-21-12-11-20(23-24-21)17-9-7-6-8-10-17)31(27,28)18-13-15(2)16(3)19(14-18)22(26)29-4/h6-14H,5H2,1-4H3. The molecule has 3 rings (SSSR count). The van der Waals surface area contributed by atoms with Gasteiger partial charge in [0.25, 0.3) is 10.0 Å². The minimum absolute atomic E-state index is 0.0271. The molecule has 7 nitrogen and oxygen atoms in total. The van der Waals surface area contributed by atoms with Gasteiger partial charge in [-0.1, -0.05) is 37.3 Å². The predicted octanol–water partition coefficient (Wildman–Crippen LogP) is 4.26. The van der Waals surface area contributed by atoms with E-state index in [2.05, 4.69) is 10.2 Å². The van der Waals surface area contributed by atoms with E-state index in [1.165, 1.54) is 16.9 Å². The summed E-state index contributed by atoms with van der Waals surface area (Å²) in [5, 5.41) is 8.83. The van der Waals surface area contributed by atoms with Crippen LogP contribution >= 0.6 is 11.9 Å². The highest BCUT2D eigenvalue weighted by Crippen LogP contribution is 2.30. The van der Waals surface area contributed by atoms with Crippen LogP contribution in [0.3, 0.4) is 0 Å². The van der Waals surface area contributed by atoms with Crippen molar-refractivity contribution in [3.05, 3.63) is 71.3 Å². The molecule has 0 aliphatic rings. The second-order valence-corrected chi connectivity index (χ2v) is 9.88. The predicted molar refractivity (Wildman–Crippen MR) is 120 cm³/mol. The number of hydrogen-bond donors (Lipinski definition) is 0. The van der Waals surface area contributed by atoms with Crippen molar-refractivity contribution in [1.82, 2.24) is 13.9 Å². The minimum atomic E-state index is -3.89. The van der Waals surface area contributed by atoms with E-state index in [0.717, 1.165) is 17.5 Å². The normalized spacial score (nSPS) is 11.5. The maximum Gasteiger partial charge on any atom is 0.338 e. The summed E-state index contributed by atoms with van der Waals surface area (Å²) in [4.78, 5) is 12.1. The van der Waals surface area contributed by atoms with Gasteiger partial charge in [0.05, 0.1) is 23.3 Å². The fraction of sp³-hybridized carbons (Fsp3) is 0.227. The van der Waals surface area contributed by atoms with Crippen LogP contribution in [0.5, 0.6) is 0 Å². The molecule has 0 spiro atoms. The van der Waals surface area contributed by atoms with E-state index < -0.39 is 16.0 Å². The van der Waals surface area contributed by atoms with Gasteiger partial charge in [0.2, 0.25) is 0 Å². The lowest BCUT2D eigenvalue weighted by molar-refractivity contribution is 0.0599. The molecule has 0 unspecified atom stereocenters. The second-order valence-electron chi connectivity index (χ2n) is 6.74. The molecular formula is C22H23N3O4S2. The molecule has 0 bridgehead atoms.